The van der Waals surface area contributed by atoms with Crippen molar-refractivity contribution >= 4 is 11.5 Å². The van der Waals surface area contributed by atoms with E-state index in [0.29, 0.717) is 18.8 Å². The quantitative estimate of drug-likeness (QED) is 0.605. The van der Waals surface area contributed by atoms with Crippen LogP contribution in [-0.2, 0) is 0 Å². The zero-order valence-electron chi connectivity index (χ0n) is 13.3. The minimum atomic E-state index is -0.454. The number of aliphatic hydroxyl groups excluding tert-OH is 1. The molecule has 23 heavy (non-hydrogen) atoms. The van der Waals surface area contributed by atoms with E-state index >= 15 is 0 Å². The maximum absolute atomic E-state index is 10.8. The standard InChI is InChI=1S/C17H21N3O3/c1-12-8-16(20(22)23)11-19-17(12)18-10-15(9-13(2)21)14-6-4-3-5-7-14/h3-8,11,13,15,21H,9-10H2,1-2H3,(H,18,19). The van der Waals surface area contributed by atoms with Crippen LogP contribution in [0.4, 0.5) is 11.5 Å². The van der Waals surface area contributed by atoms with E-state index in [9.17, 15) is 15.2 Å². The van der Waals surface area contributed by atoms with Gasteiger partial charge in [-0.05, 0) is 31.4 Å². The second-order valence-corrected chi connectivity index (χ2v) is 5.69. The molecule has 0 saturated carbocycles. The maximum atomic E-state index is 10.8. The van der Waals surface area contributed by atoms with Gasteiger partial charge in [0.2, 0.25) is 0 Å². The number of nitro groups is 1. The molecular weight excluding hydrogens is 294 g/mol. The molecular formula is C17H21N3O3. The van der Waals surface area contributed by atoms with E-state index in [2.05, 4.69) is 10.3 Å². The summed E-state index contributed by atoms with van der Waals surface area (Å²) in [5.41, 5.74) is 1.85. The molecule has 2 atom stereocenters. The van der Waals surface area contributed by atoms with Crippen LogP contribution in [0.1, 0.15) is 30.4 Å². The van der Waals surface area contributed by atoms with Crippen molar-refractivity contribution < 1.29 is 10.0 Å². The molecule has 0 aliphatic heterocycles. The number of aromatic nitrogens is 1. The summed E-state index contributed by atoms with van der Waals surface area (Å²) in [4.78, 5) is 14.4. The molecule has 0 fully saturated rings. The lowest BCUT2D eigenvalue weighted by atomic mass is 9.93. The van der Waals surface area contributed by atoms with Gasteiger partial charge in [-0.1, -0.05) is 30.3 Å². The molecule has 0 spiro atoms. The van der Waals surface area contributed by atoms with Crippen LogP contribution in [0.2, 0.25) is 0 Å². The van der Waals surface area contributed by atoms with Crippen LogP contribution >= 0.6 is 0 Å². The highest BCUT2D eigenvalue weighted by Crippen LogP contribution is 2.23. The lowest BCUT2D eigenvalue weighted by Crippen LogP contribution is -2.18. The molecule has 2 N–H and O–H groups in total. The van der Waals surface area contributed by atoms with E-state index in [1.807, 2.05) is 30.3 Å². The van der Waals surface area contributed by atoms with E-state index < -0.39 is 11.0 Å². The monoisotopic (exact) mass is 315 g/mol. The van der Waals surface area contributed by atoms with Crippen molar-refractivity contribution in [1.29, 1.82) is 0 Å². The lowest BCUT2D eigenvalue weighted by molar-refractivity contribution is -0.385. The van der Waals surface area contributed by atoms with E-state index in [1.165, 1.54) is 12.3 Å². The van der Waals surface area contributed by atoms with Crippen molar-refractivity contribution in [2.24, 2.45) is 0 Å². The number of rotatable bonds is 7. The molecule has 2 unspecified atom stereocenters. The smallest absolute Gasteiger partial charge is 0.287 e. The molecule has 122 valence electrons. The third-order valence-electron chi connectivity index (χ3n) is 3.69. The normalized spacial score (nSPS) is 13.3. The zero-order chi connectivity index (χ0) is 16.8. The van der Waals surface area contributed by atoms with Gasteiger partial charge in [0.15, 0.2) is 0 Å². The van der Waals surface area contributed by atoms with E-state index in [4.69, 9.17) is 0 Å². The number of nitrogens with zero attached hydrogens (tertiary/aromatic N) is 2. The summed E-state index contributed by atoms with van der Waals surface area (Å²) < 4.78 is 0. The number of hydrogen-bond acceptors (Lipinski definition) is 5. The Balaban J connectivity index is 2.11. The zero-order valence-corrected chi connectivity index (χ0v) is 13.3. The lowest BCUT2D eigenvalue weighted by Gasteiger charge is -2.20. The predicted octanol–water partition coefficient (Wildman–Crippen LogP) is 3.26. The molecule has 2 aromatic rings. The molecule has 6 heteroatoms. The van der Waals surface area contributed by atoms with E-state index in [1.54, 1.807) is 13.8 Å². The van der Waals surface area contributed by atoms with Gasteiger partial charge in [0.05, 0.1) is 11.0 Å². The van der Waals surface area contributed by atoms with Crippen molar-refractivity contribution in [2.45, 2.75) is 32.3 Å². The third-order valence-corrected chi connectivity index (χ3v) is 3.69. The molecule has 1 heterocycles. The van der Waals surface area contributed by atoms with E-state index in [0.717, 1.165) is 11.1 Å². The average molecular weight is 315 g/mol. The Morgan fingerprint density at radius 1 is 1.35 bits per heavy atom. The van der Waals surface area contributed by atoms with E-state index in [-0.39, 0.29) is 11.6 Å². The maximum Gasteiger partial charge on any atom is 0.287 e. The molecule has 0 amide bonds. The molecule has 6 nitrogen and oxygen atoms in total. The van der Waals surface area contributed by atoms with Crippen molar-refractivity contribution in [3.8, 4) is 0 Å². The minimum absolute atomic E-state index is 0.0170. The molecule has 0 bridgehead atoms. The number of anilines is 1. The van der Waals surface area contributed by atoms with Crippen LogP contribution in [0.25, 0.3) is 0 Å². The molecule has 1 aromatic heterocycles. The first-order valence-corrected chi connectivity index (χ1v) is 7.55. The Bertz CT molecular complexity index is 659. The third kappa shape index (κ3) is 4.75. The van der Waals surface area contributed by atoms with Gasteiger partial charge < -0.3 is 10.4 Å². The summed E-state index contributed by atoms with van der Waals surface area (Å²) in [6.45, 7) is 4.15. The van der Waals surface area contributed by atoms with Crippen LogP contribution in [0.3, 0.4) is 0 Å². The number of pyridine rings is 1. The fourth-order valence-corrected chi connectivity index (χ4v) is 2.54. The fraction of sp³-hybridized carbons (Fsp3) is 0.353. The Morgan fingerprint density at radius 3 is 2.61 bits per heavy atom. The number of nitrogens with one attached hydrogen (secondary N) is 1. The summed E-state index contributed by atoms with van der Waals surface area (Å²) in [6.07, 6.45) is 1.47. The first-order chi connectivity index (χ1) is 11.0. The second kappa shape index (κ2) is 7.69. The van der Waals surface area contributed by atoms with Crippen LogP contribution < -0.4 is 5.32 Å². The SMILES string of the molecule is Cc1cc([N+](=O)[O-])cnc1NCC(CC(C)O)c1ccccc1. The largest absolute Gasteiger partial charge is 0.393 e. The van der Waals surface area contributed by atoms with Gasteiger partial charge in [0, 0.05) is 18.5 Å². The Labute approximate surface area is 135 Å². The Kier molecular flexibility index (Phi) is 5.65. The molecule has 0 aliphatic carbocycles. The van der Waals surface area contributed by atoms with Crippen LogP contribution in [0, 0.1) is 17.0 Å². The van der Waals surface area contributed by atoms with Crippen molar-refractivity contribution in [1.82, 2.24) is 4.98 Å². The molecule has 0 saturated heterocycles. The summed E-state index contributed by atoms with van der Waals surface area (Å²) in [7, 11) is 0. The van der Waals surface area contributed by atoms with Gasteiger partial charge >= 0.3 is 0 Å². The van der Waals surface area contributed by atoms with Crippen LogP contribution in [0.5, 0.6) is 0 Å². The van der Waals surface area contributed by atoms with Crippen molar-refractivity contribution in [3.05, 3.63) is 63.8 Å². The average Bonchev–Trinajstić information content (AvgIpc) is 2.52. The fourth-order valence-electron chi connectivity index (χ4n) is 2.54. The molecule has 0 aliphatic rings. The molecule has 1 aromatic carbocycles. The highest BCUT2D eigenvalue weighted by Gasteiger charge is 2.15. The highest BCUT2D eigenvalue weighted by atomic mass is 16.6. The first-order valence-electron chi connectivity index (χ1n) is 7.55. The minimum Gasteiger partial charge on any atom is -0.393 e. The van der Waals surface area contributed by atoms with Gasteiger partial charge in [-0.3, -0.25) is 10.1 Å². The van der Waals surface area contributed by atoms with Gasteiger partial charge in [-0.2, -0.15) is 0 Å². The number of aryl methyl sites for hydroxylation is 1. The van der Waals surface area contributed by atoms with Gasteiger partial charge in [-0.25, -0.2) is 4.98 Å². The number of benzene rings is 1. The number of hydrogen-bond donors (Lipinski definition) is 2. The highest BCUT2D eigenvalue weighted by molar-refractivity contribution is 5.48. The van der Waals surface area contributed by atoms with Crippen LogP contribution in [0.15, 0.2) is 42.6 Å². The van der Waals surface area contributed by atoms with Crippen LogP contribution in [-0.4, -0.2) is 27.7 Å². The first kappa shape index (κ1) is 16.9. The topological polar surface area (TPSA) is 88.3 Å². The van der Waals surface area contributed by atoms with Crippen molar-refractivity contribution in [2.75, 3.05) is 11.9 Å². The van der Waals surface area contributed by atoms with Gasteiger partial charge in [-0.15, -0.1) is 0 Å². The Morgan fingerprint density at radius 2 is 2.04 bits per heavy atom. The second-order valence-electron chi connectivity index (χ2n) is 5.69. The number of aliphatic hydroxyl groups is 1. The predicted molar refractivity (Wildman–Crippen MR) is 89.6 cm³/mol. The Hall–Kier alpha value is -2.47. The van der Waals surface area contributed by atoms with Gasteiger partial charge in [0.25, 0.3) is 5.69 Å². The summed E-state index contributed by atoms with van der Waals surface area (Å²) >= 11 is 0. The molecule has 2 rings (SSSR count). The van der Waals surface area contributed by atoms with Crippen molar-refractivity contribution in [3.63, 3.8) is 0 Å². The summed E-state index contributed by atoms with van der Waals surface area (Å²) in [6, 6.07) is 11.5. The summed E-state index contributed by atoms with van der Waals surface area (Å²) in [5.74, 6) is 0.759. The summed E-state index contributed by atoms with van der Waals surface area (Å²) in [5, 5.41) is 23.7. The molecule has 0 radical (unpaired) electrons. The van der Waals surface area contributed by atoms with Gasteiger partial charge in [0.1, 0.15) is 12.0 Å².